The molecule has 0 radical (unpaired) electrons. The van der Waals surface area contributed by atoms with E-state index in [2.05, 4.69) is 130 Å². The summed E-state index contributed by atoms with van der Waals surface area (Å²) in [6, 6.07) is 29.8. The van der Waals surface area contributed by atoms with Crippen molar-refractivity contribution < 1.29 is 58.5 Å². The van der Waals surface area contributed by atoms with Crippen molar-refractivity contribution in [1.29, 1.82) is 0 Å². The Kier molecular flexibility index (Phi) is 20.9. The lowest BCUT2D eigenvalue weighted by molar-refractivity contribution is -0.192. The number of carbonyl (C=O) groups is 3. The summed E-state index contributed by atoms with van der Waals surface area (Å²) in [4.78, 5) is 45.0. The predicted molar refractivity (Wildman–Crippen MR) is 315 cm³/mol. The summed E-state index contributed by atoms with van der Waals surface area (Å²) in [5.74, 6) is -2.28. The molecule has 6 heterocycles. The van der Waals surface area contributed by atoms with Crippen molar-refractivity contribution in [3.8, 4) is 0 Å². The Morgan fingerprint density at radius 3 is 1.33 bits per heavy atom. The van der Waals surface area contributed by atoms with Gasteiger partial charge >= 0.3 is 12.1 Å². The maximum Gasteiger partial charge on any atom is 0.490 e. The quantitative estimate of drug-likeness (QED) is 0.129. The fourth-order valence-electron chi connectivity index (χ4n) is 11.2. The van der Waals surface area contributed by atoms with E-state index in [0.29, 0.717) is 24.7 Å². The van der Waals surface area contributed by atoms with Gasteiger partial charge in [-0.25, -0.2) is 21.6 Å². The number of aromatic nitrogens is 2. The highest BCUT2D eigenvalue weighted by molar-refractivity contribution is 8.13. The summed E-state index contributed by atoms with van der Waals surface area (Å²) in [7, 11) is -2.48. The lowest BCUT2D eigenvalue weighted by Gasteiger charge is -2.38. The van der Waals surface area contributed by atoms with E-state index in [4.69, 9.17) is 25.1 Å². The molecule has 4 fully saturated rings. The number of sulfonamides is 1. The minimum Gasteiger partial charge on any atom is -0.475 e. The van der Waals surface area contributed by atoms with Crippen LogP contribution in [0.3, 0.4) is 0 Å². The number of carboxylic acid groups (broad SMARTS) is 1. The number of aryl methyl sites for hydroxylation is 10. The standard InChI is InChI=1S/C29H36N4O4S.C24H31N3O.C5H6ClNO3S.C2HF3O2/c1-19-7-10-24(11-8-19)25-17-33(38(35,36)28-22(4)30-37-23(28)5)18-26(25)29(34)32-14-12-31(13-15-32)27-16-20(2)6-9-21(27)3;1-17-5-8-20(9-6-17)21-15-25-16-22(21)24(28)27-12-10-26(11-13-27)23-14-18(2)4-7-19(23)3;1-3-5(11(6,8)9)4(2)10-7-3;3-2(4,5)1(6)7/h6-11,16,25-26H,12-15,17-18H2,1-5H3;4-9,14,21-22,25H,10-13,15-16H2,1-3H3;1-2H3;(H,6,7)/t25-,26+;21-,22+;;/m00../s1. The Bertz CT molecular complexity index is 3490. The number of alkyl halides is 3. The van der Waals surface area contributed by atoms with Crippen LogP contribution in [0.15, 0.2) is 104 Å². The molecular weight excluding hydrogens is 1150 g/mol. The number of halogens is 4. The second kappa shape index (κ2) is 27.1. The third-order valence-corrected chi connectivity index (χ3v) is 19.4. The molecule has 0 spiro atoms. The minimum atomic E-state index is -5.08. The van der Waals surface area contributed by atoms with Gasteiger partial charge in [0.15, 0.2) is 11.5 Å². The maximum absolute atomic E-state index is 14.0. The van der Waals surface area contributed by atoms with Crippen LogP contribution in [0, 0.1) is 81.1 Å². The molecule has 2 aromatic heterocycles. The van der Waals surface area contributed by atoms with Crippen molar-refractivity contribution in [3.63, 3.8) is 0 Å². The van der Waals surface area contributed by atoms with Gasteiger partial charge in [-0.15, -0.1) is 0 Å². The SMILES string of the molecule is Cc1ccc([C@@H]2CN(S(=O)(=O)c3c(C)noc3C)C[C@H]2C(=O)N2CCN(c3cc(C)ccc3C)CC2)cc1.Cc1ccc([C@@H]2CNC[C@H]2C(=O)N2CCN(c3cc(C)ccc3C)CC2)cc1.Cc1noc(C)c1S(=O)(=O)Cl.O=C(O)C(F)(F)F. The first-order valence-corrected chi connectivity index (χ1v) is 31.4. The van der Waals surface area contributed by atoms with E-state index in [9.17, 15) is 39.6 Å². The summed E-state index contributed by atoms with van der Waals surface area (Å²) >= 11 is 0. The van der Waals surface area contributed by atoms with Crippen LogP contribution in [0.2, 0.25) is 0 Å². The van der Waals surface area contributed by atoms with Crippen LogP contribution in [-0.4, -0.2) is 149 Å². The number of carboxylic acids is 1. The number of nitrogens with zero attached hydrogens (tertiary/aromatic N) is 7. The van der Waals surface area contributed by atoms with Gasteiger partial charge in [0.25, 0.3) is 9.05 Å². The smallest absolute Gasteiger partial charge is 0.475 e. The van der Waals surface area contributed by atoms with Gasteiger partial charge in [0.1, 0.15) is 21.2 Å². The van der Waals surface area contributed by atoms with E-state index < -0.39 is 37.1 Å². The van der Waals surface area contributed by atoms with Crippen LogP contribution in [0.25, 0.3) is 0 Å². The third-order valence-electron chi connectivity index (χ3n) is 15.8. The molecular formula is C60H74ClF3N8O10S2. The molecule has 0 saturated carbocycles. The lowest BCUT2D eigenvalue weighted by Crippen LogP contribution is -2.51. The summed E-state index contributed by atoms with van der Waals surface area (Å²) in [5, 5.41) is 17.9. The Hall–Kier alpha value is -6.79. The number of piperazine rings is 2. The van der Waals surface area contributed by atoms with Crippen LogP contribution in [0.1, 0.15) is 79.3 Å². The first-order valence-electron chi connectivity index (χ1n) is 27.6. The van der Waals surface area contributed by atoms with Crippen LogP contribution in [-0.2, 0) is 33.5 Å². The number of anilines is 2. The molecule has 4 aliphatic heterocycles. The topological polar surface area (TPSA) is 220 Å². The molecule has 18 nitrogen and oxygen atoms in total. The molecule has 4 saturated heterocycles. The molecule has 6 aromatic rings. The van der Waals surface area contributed by atoms with Crippen LogP contribution in [0.5, 0.6) is 0 Å². The molecule has 4 aliphatic rings. The average molecular weight is 1220 g/mol. The van der Waals surface area contributed by atoms with E-state index >= 15 is 0 Å². The highest BCUT2D eigenvalue weighted by atomic mass is 35.7. The van der Waals surface area contributed by atoms with Gasteiger partial charge in [0, 0.05) is 112 Å². The monoisotopic (exact) mass is 1220 g/mol. The molecule has 454 valence electrons. The van der Waals surface area contributed by atoms with E-state index in [-0.39, 0.29) is 63.8 Å². The number of amides is 2. The average Bonchev–Trinajstić information content (AvgIpc) is 2.65. The Labute approximate surface area is 494 Å². The number of hydrogen-bond donors (Lipinski definition) is 2. The lowest BCUT2D eigenvalue weighted by atomic mass is 9.87. The largest absolute Gasteiger partial charge is 0.490 e. The number of benzene rings is 4. The summed E-state index contributed by atoms with van der Waals surface area (Å²) in [6.45, 7) is 27.1. The molecule has 4 aromatic carbocycles. The highest BCUT2D eigenvalue weighted by Gasteiger charge is 2.47. The van der Waals surface area contributed by atoms with Crippen molar-refractivity contribution in [2.24, 2.45) is 11.8 Å². The zero-order valence-corrected chi connectivity index (χ0v) is 51.3. The molecule has 10 rings (SSSR count). The first kappa shape index (κ1) is 64.8. The molecule has 0 aliphatic carbocycles. The van der Waals surface area contributed by atoms with E-state index in [1.165, 1.54) is 62.9 Å². The number of carbonyl (C=O) groups excluding carboxylic acids is 2. The fourth-order valence-corrected chi connectivity index (χ4v) is 14.4. The molecule has 2 N–H and O–H groups in total. The van der Waals surface area contributed by atoms with Crippen LogP contribution < -0.4 is 15.1 Å². The molecule has 0 unspecified atom stereocenters. The summed E-state index contributed by atoms with van der Waals surface area (Å²) in [5.41, 5.74) is 12.9. The third kappa shape index (κ3) is 15.5. The van der Waals surface area contributed by atoms with Crippen molar-refractivity contribution >= 4 is 58.9 Å². The normalized spacial score (nSPS) is 19.4. The molecule has 24 heteroatoms. The minimum absolute atomic E-state index is 0.0210. The number of nitrogens with one attached hydrogen (secondary N) is 1. The van der Waals surface area contributed by atoms with E-state index in [0.717, 1.165) is 63.5 Å². The Morgan fingerprint density at radius 1 is 0.560 bits per heavy atom. The second-order valence-electron chi connectivity index (χ2n) is 22.0. The van der Waals surface area contributed by atoms with E-state index in [1.54, 1.807) is 13.8 Å². The van der Waals surface area contributed by atoms with Gasteiger partial charge in [-0.3, -0.25) is 9.59 Å². The number of aliphatic carboxylic acids is 1. The Balaban J connectivity index is 0.000000191. The zero-order valence-electron chi connectivity index (χ0n) is 49.0. The van der Waals surface area contributed by atoms with Gasteiger partial charge in [0.05, 0.1) is 11.8 Å². The molecule has 4 atom stereocenters. The van der Waals surface area contributed by atoms with Crippen molar-refractivity contribution in [2.75, 3.05) is 88.3 Å². The summed E-state index contributed by atoms with van der Waals surface area (Å²) in [6.07, 6.45) is -5.08. The molecule has 0 bridgehead atoms. The van der Waals surface area contributed by atoms with Crippen molar-refractivity contribution in [1.82, 2.24) is 29.7 Å². The maximum atomic E-state index is 14.0. The molecule has 84 heavy (non-hydrogen) atoms. The van der Waals surface area contributed by atoms with Gasteiger partial charge < -0.3 is 39.1 Å². The van der Waals surface area contributed by atoms with Crippen LogP contribution >= 0.6 is 10.7 Å². The second-order valence-corrected chi connectivity index (χ2v) is 26.4. The van der Waals surface area contributed by atoms with Crippen LogP contribution in [0.4, 0.5) is 24.5 Å². The van der Waals surface area contributed by atoms with Gasteiger partial charge in [-0.2, -0.15) is 17.5 Å². The zero-order chi connectivity index (χ0) is 61.6. The number of rotatable bonds is 9. The van der Waals surface area contributed by atoms with Gasteiger partial charge in [-0.05, 0) is 115 Å². The van der Waals surface area contributed by atoms with Crippen molar-refractivity contribution in [2.45, 2.75) is 97.0 Å². The molecule has 2 amide bonds. The fraction of sp³-hybridized carbons (Fsp3) is 0.450. The van der Waals surface area contributed by atoms with Crippen molar-refractivity contribution in [3.05, 3.63) is 152 Å². The predicted octanol–water partition coefficient (Wildman–Crippen LogP) is 9.09. The number of hydrogen-bond acceptors (Lipinski definition) is 14. The van der Waals surface area contributed by atoms with Gasteiger partial charge in [0.2, 0.25) is 21.8 Å². The van der Waals surface area contributed by atoms with Gasteiger partial charge in [-0.1, -0.05) is 94.2 Å². The first-order chi connectivity index (χ1) is 39.5. The van der Waals surface area contributed by atoms with E-state index in [1.807, 2.05) is 36.1 Å². The highest BCUT2D eigenvalue weighted by Crippen LogP contribution is 2.39. The summed E-state index contributed by atoms with van der Waals surface area (Å²) < 4.78 is 91.9. The Morgan fingerprint density at radius 2 is 0.952 bits per heavy atom.